The third-order valence-corrected chi connectivity index (χ3v) is 4.01. The standard InChI is InChI=1S/C16H15IN2O/c1-10-4-3-5-11(2)13(10)9-20-16-14(17)6-12(8-18)7-15(16)19/h3-7H,9,19H2,1-2H3. The van der Waals surface area contributed by atoms with Crippen LogP contribution in [0.1, 0.15) is 22.3 Å². The van der Waals surface area contributed by atoms with Crippen LogP contribution in [0.5, 0.6) is 5.75 Å². The Bertz CT molecular complexity index is 646. The number of hydrogen-bond donors (Lipinski definition) is 1. The minimum Gasteiger partial charge on any atom is -0.486 e. The summed E-state index contributed by atoms with van der Waals surface area (Å²) in [6, 6.07) is 11.7. The highest BCUT2D eigenvalue weighted by atomic mass is 127. The van der Waals surface area contributed by atoms with Crippen LogP contribution >= 0.6 is 22.6 Å². The summed E-state index contributed by atoms with van der Waals surface area (Å²) < 4.78 is 6.73. The fourth-order valence-electron chi connectivity index (χ4n) is 2.05. The van der Waals surface area contributed by atoms with Gasteiger partial charge >= 0.3 is 0 Å². The molecule has 2 rings (SSSR count). The molecule has 3 nitrogen and oxygen atoms in total. The molecule has 0 heterocycles. The van der Waals surface area contributed by atoms with E-state index in [0.717, 1.165) is 3.57 Å². The van der Waals surface area contributed by atoms with Gasteiger partial charge in [-0.05, 0) is 65.3 Å². The highest BCUT2D eigenvalue weighted by molar-refractivity contribution is 14.1. The lowest BCUT2D eigenvalue weighted by Gasteiger charge is -2.14. The van der Waals surface area contributed by atoms with Crippen molar-refractivity contribution in [2.24, 2.45) is 0 Å². The van der Waals surface area contributed by atoms with Crippen LogP contribution in [0.4, 0.5) is 5.69 Å². The van der Waals surface area contributed by atoms with E-state index in [1.165, 1.54) is 16.7 Å². The Labute approximate surface area is 132 Å². The lowest BCUT2D eigenvalue weighted by atomic mass is 10.0. The lowest BCUT2D eigenvalue weighted by molar-refractivity contribution is 0.304. The highest BCUT2D eigenvalue weighted by Gasteiger charge is 2.10. The van der Waals surface area contributed by atoms with Gasteiger partial charge in [0.05, 0.1) is 20.9 Å². The van der Waals surface area contributed by atoms with Crippen LogP contribution in [0.15, 0.2) is 30.3 Å². The maximum absolute atomic E-state index is 8.91. The molecule has 0 aromatic heterocycles. The second kappa shape index (κ2) is 6.14. The molecule has 0 bridgehead atoms. The molecule has 0 amide bonds. The van der Waals surface area contributed by atoms with Gasteiger partial charge in [0.2, 0.25) is 0 Å². The summed E-state index contributed by atoms with van der Waals surface area (Å²) in [4.78, 5) is 0. The molecule has 0 unspecified atom stereocenters. The summed E-state index contributed by atoms with van der Waals surface area (Å²) in [5.74, 6) is 0.646. The number of rotatable bonds is 3. The number of hydrogen-bond acceptors (Lipinski definition) is 3. The maximum atomic E-state index is 8.91. The van der Waals surface area contributed by atoms with Crippen LogP contribution < -0.4 is 10.5 Å². The first-order valence-corrected chi connectivity index (χ1v) is 7.28. The van der Waals surface area contributed by atoms with E-state index in [1.54, 1.807) is 12.1 Å². The summed E-state index contributed by atoms with van der Waals surface area (Å²) in [7, 11) is 0. The predicted molar refractivity (Wildman–Crippen MR) is 88.5 cm³/mol. The average molecular weight is 378 g/mol. The number of nitrogens with two attached hydrogens (primary N) is 1. The lowest BCUT2D eigenvalue weighted by Crippen LogP contribution is -2.04. The molecule has 0 radical (unpaired) electrons. The molecular weight excluding hydrogens is 363 g/mol. The van der Waals surface area contributed by atoms with Crippen molar-refractivity contribution in [1.82, 2.24) is 0 Å². The van der Waals surface area contributed by atoms with Crippen LogP contribution in [0.25, 0.3) is 0 Å². The Balaban J connectivity index is 2.26. The minimum atomic E-state index is 0.477. The zero-order chi connectivity index (χ0) is 14.7. The normalized spacial score (nSPS) is 10.1. The first-order chi connectivity index (χ1) is 9.52. The molecule has 2 aromatic rings. The van der Waals surface area contributed by atoms with E-state index in [9.17, 15) is 0 Å². The van der Waals surface area contributed by atoms with E-state index < -0.39 is 0 Å². The first kappa shape index (κ1) is 14.7. The largest absolute Gasteiger partial charge is 0.486 e. The molecule has 20 heavy (non-hydrogen) atoms. The van der Waals surface area contributed by atoms with Gasteiger partial charge in [-0.15, -0.1) is 0 Å². The maximum Gasteiger partial charge on any atom is 0.156 e. The molecular formula is C16H15IN2O. The predicted octanol–water partition coefficient (Wildman–Crippen LogP) is 3.94. The van der Waals surface area contributed by atoms with Gasteiger partial charge < -0.3 is 10.5 Å². The molecule has 0 saturated heterocycles. The summed E-state index contributed by atoms with van der Waals surface area (Å²) in [6.07, 6.45) is 0. The number of halogens is 1. The van der Waals surface area contributed by atoms with E-state index >= 15 is 0 Å². The third kappa shape index (κ3) is 3.05. The fraction of sp³-hybridized carbons (Fsp3) is 0.188. The van der Waals surface area contributed by atoms with E-state index in [1.807, 2.05) is 6.07 Å². The summed E-state index contributed by atoms with van der Waals surface area (Å²) in [5, 5.41) is 8.91. The summed E-state index contributed by atoms with van der Waals surface area (Å²) in [6.45, 7) is 4.61. The molecule has 2 aromatic carbocycles. The number of nitrogen functional groups attached to an aromatic ring is 1. The fourth-order valence-corrected chi connectivity index (χ4v) is 2.86. The monoisotopic (exact) mass is 378 g/mol. The molecule has 102 valence electrons. The van der Waals surface area contributed by atoms with Crippen molar-refractivity contribution in [2.75, 3.05) is 5.73 Å². The van der Waals surface area contributed by atoms with Gasteiger partial charge in [-0.1, -0.05) is 18.2 Å². The van der Waals surface area contributed by atoms with Gasteiger partial charge in [0, 0.05) is 0 Å². The Morgan fingerprint density at radius 1 is 1.25 bits per heavy atom. The van der Waals surface area contributed by atoms with Crippen molar-refractivity contribution in [3.63, 3.8) is 0 Å². The zero-order valence-electron chi connectivity index (χ0n) is 11.4. The van der Waals surface area contributed by atoms with Gasteiger partial charge in [-0.25, -0.2) is 0 Å². The minimum absolute atomic E-state index is 0.477. The molecule has 0 atom stereocenters. The smallest absolute Gasteiger partial charge is 0.156 e. The number of benzene rings is 2. The molecule has 2 N–H and O–H groups in total. The Morgan fingerprint density at radius 3 is 2.45 bits per heavy atom. The van der Waals surface area contributed by atoms with Gasteiger partial charge in [-0.2, -0.15) is 5.26 Å². The van der Waals surface area contributed by atoms with Crippen LogP contribution in [-0.4, -0.2) is 0 Å². The van der Waals surface area contributed by atoms with Crippen molar-refractivity contribution in [2.45, 2.75) is 20.5 Å². The van der Waals surface area contributed by atoms with Crippen molar-refractivity contribution in [3.05, 3.63) is 56.2 Å². The van der Waals surface area contributed by atoms with Gasteiger partial charge in [0.1, 0.15) is 6.61 Å². The summed E-state index contributed by atoms with van der Waals surface area (Å²) >= 11 is 2.14. The van der Waals surface area contributed by atoms with Crippen molar-refractivity contribution in [1.29, 1.82) is 5.26 Å². The molecule has 0 spiro atoms. The van der Waals surface area contributed by atoms with Crippen molar-refractivity contribution in [3.8, 4) is 11.8 Å². The van der Waals surface area contributed by atoms with E-state index in [0.29, 0.717) is 23.6 Å². The van der Waals surface area contributed by atoms with Gasteiger partial charge in [0.15, 0.2) is 5.75 Å². The van der Waals surface area contributed by atoms with Crippen LogP contribution in [0.3, 0.4) is 0 Å². The van der Waals surface area contributed by atoms with E-state index in [4.69, 9.17) is 15.7 Å². The Kier molecular flexibility index (Phi) is 4.50. The molecule has 0 aliphatic heterocycles. The Hall–Kier alpha value is -1.74. The highest BCUT2D eigenvalue weighted by Crippen LogP contribution is 2.30. The molecule has 0 aliphatic carbocycles. The zero-order valence-corrected chi connectivity index (χ0v) is 13.6. The SMILES string of the molecule is Cc1cccc(C)c1COc1c(N)cc(C#N)cc1I. The quantitative estimate of drug-likeness (QED) is 0.650. The van der Waals surface area contributed by atoms with Crippen LogP contribution in [-0.2, 0) is 6.61 Å². The molecule has 0 fully saturated rings. The molecule has 0 aliphatic rings. The first-order valence-electron chi connectivity index (χ1n) is 6.20. The van der Waals surface area contributed by atoms with E-state index in [2.05, 4.69) is 54.6 Å². The van der Waals surface area contributed by atoms with Gasteiger partial charge in [0.25, 0.3) is 0 Å². The summed E-state index contributed by atoms with van der Waals surface area (Å²) in [5.41, 5.74) is 10.6. The number of nitriles is 1. The second-order valence-corrected chi connectivity index (χ2v) is 5.81. The number of aryl methyl sites for hydroxylation is 2. The van der Waals surface area contributed by atoms with E-state index in [-0.39, 0.29) is 0 Å². The molecule has 4 heteroatoms. The topological polar surface area (TPSA) is 59.0 Å². The van der Waals surface area contributed by atoms with Crippen molar-refractivity contribution >= 4 is 28.3 Å². The van der Waals surface area contributed by atoms with Crippen LogP contribution in [0.2, 0.25) is 0 Å². The Morgan fingerprint density at radius 2 is 1.90 bits per heavy atom. The molecule has 0 saturated carbocycles. The number of nitrogens with zero attached hydrogens (tertiary/aromatic N) is 1. The van der Waals surface area contributed by atoms with Crippen LogP contribution in [0, 0.1) is 28.7 Å². The average Bonchev–Trinajstić information content (AvgIpc) is 2.40. The van der Waals surface area contributed by atoms with Crippen molar-refractivity contribution < 1.29 is 4.74 Å². The van der Waals surface area contributed by atoms with Gasteiger partial charge in [-0.3, -0.25) is 0 Å². The number of ether oxygens (including phenoxy) is 1. The second-order valence-electron chi connectivity index (χ2n) is 4.65. The number of anilines is 1. The third-order valence-electron chi connectivity index (χ3n) is 3.21.